The average molecular weight is 447 g/mol. The standard InChI is InChI=1S/C24H25N5O4/c1-15-6-4-8-29-21(15)27-22(28-13-16(2)33-17(3)14-28)20(24(29)31)10-18(11-25)23(30)26-12-19-7-5-9-32-19/h4-10,16-17H,12-14H2,1-3H3,(H,26,30)/b18-10+/t16-,17+. The summed E-state index contributed by atoms with van der Waals surface area (Å²) in [5.74, 6) is 0.390. The number of fused-ring (bicyclic) bond motifs is 1. The van der Waals surface area contributed by atoms with Gasteiger partial charge in [0.1, 0.15) is 28.9 Å². The number of nitrogens with zero attached hydrogens (tertiary/aromatic N) is 4. The second-order valence-corrected chi connectivity index (χ2v) is 8.13. The molecule has 170 valence electrons. The molecule has 1 amide bonds. The maximum Gasteiger partial charge on any atom is 0.267 e. The van der Waals surface area contributed by atoms with Gasteiger partial charge in [0.25, 0.3) is 11.5 Å². The summed E-state index contributed by atoms with van der Waals surface area (Å²) in [6.45, 7) is 7.00. The minimum absolute atomic E-state index is 0.0604. The highest BCUT2D eigenvalue weighted by Gasteiger charge is 2.27. The van der Waals surface area contributed by atoms with Crippen LogP contribution in [0.5, 0.6) is 0 Å². The molecule has 1 aliphatic rings. The number of nitrogens with one attached hydrogen (secondary N) is 1. The highest BCUT2D eigenvalue weighted by atomic mass is 16.5. The number of furan rings is 1. The van der Waals surface area contributed by atoms with Crippen LogP contribution >= 0.6 is 0 Å². The first kappa shape index (κ1) is 22.3. The van der Waals surface area contributed by atoms with Crippen molar-refractivity contribution in [3.63, 3.8) is 0 Å². The number of rotatable bonds is 5. The lowest BCUT2D eigenvalue weighted by Crippen LogP contribution is -2.46. The lowest BCUT2D eigenvalue weighted by Gasteiger charge is -2.36. The number of carbonyl (C=O) groups excluding carboxylic acids is 1. The number of aromatic nitrogens is 2. The Morgan fingerprint density at radius 3 is 2.73 bits per heavy atom. The molecule has 1 saturated heterocycles. The Hall–Kier alpha value is -3.90. The van der Waals surface area contributed by atoms with Crippen molar-refractivity contribution < 1.29 is 13.9 Å². The summed E-state index contributed by atoms with van der Waals surface area (Å²) >= 11 is 0. The smallest absolute Gasteiger partial charge is 0.267 e. The van der Waals surface area contributed by atoms with Crippen molar-refractivity contribution in [2.24, 2.45) is 0 Å². The van der Waals surface area contributed by atoms with Crippen LogP contribution in [0.15, 0.2) is 51.5 Å². The molecule has 0 saturated carbocycles. The van der Waals surface area contributed by atoms with Crippen LogP contribution in [-0.4, -0.2) is 40.6 Å². The molecule has 4 rings (SSSR count). The lowest BCUT2D eigenvalue weighted by molar-refractivity contribution is -0.117. The van der Waals surface area contributed by atoms with E-state index in [9.17, 15) is 14.9 Å². The van der Waals surface area contributed by atoms with Gasteiger partial charge in [0, 0.05) is 19.3 Å². The topological polar surface area (TPSA) is 113 Å². The first-order chi connectivity index (χ1) is 15.9. The zero-order chi connectivity index (χ0) is 23.5. The number of hydrogen-bond acceptors (Lipinski definition) is 7. The number of morpholine rings is 1. The molecule has 0 spiro atoms. The van der Waals surface area contributed by atoms with Crippen LogP contribution in [0.1, 0.15) is 30.7 Å². The van der Waals surface area contributed by atoms with Gasteiger partial charge >= 0.3 is 0 Å². The van der Waals surface area contributed by atoms with Crippen molar-refractivity contribution in [3.05, 3.63) is 69.5 Å². The van der Waals surface area contributed by atoms with Gasteiger partial charge in [-0.15, -0.1) is 0 Å². The summed E-state index contributed by atoms with van der Waals surface area (Å²) in [6.07, 6.45) is 4.33. The molecule has 1 fully saturated rings. The fourth-order valence-electron chi connectivity index (χ4n) is 3.99. The van der Waals surface area contributed by atoms with Gasteiger partial charge in [-0.2, -0.15) is 5.26 Å². The fourth-order valence-corrected chi connectivity index (χ4v) is 3.99. The summed E-state index contributed by atoms with van der Waals surface area (Å²) < 4.78 is 12.5. The van der Waals surface area contributed by atoms with E-state index < -0.39 is 5.91 Å². The number of aryl methyl sites for hydroxylation is 1. The zero-order valence-electron chi connectivity index (χ0n) is 18.7. The van der Waals surface area contributed by atoms with Gasteiger partial charge in [-0.05, 0) is 50.6 Å². The van der Waals surface area contributed by atoms with Gasteiger partial charge in [0.15, 0.2) is 0 Å². The highest BCUT2D eigenvalue weighted by molar-refractivity contribution is 6.02. The summed E-state index contributed by atoms with van der Waals surface area (Å²) in [7, 11) is 0. The quantitative estimate of drug-likeness (QED) is 0.472. The number of hydrogen-bond donors (Lipinski definition) is 1. The molecular weight excluding hydrogens is 422 g/mol. The van der Waals surface area contributed by atoms with E-state index in [4.69, 9.17) is 14.1 Å². The van der Waals surface area contributed by atoms with Crippen molar-refractivity contribution in [2.75, 3.05) is 18.0 Å². The van der Waals surface area contributed by atoms with Crippen LogP contribution < -0.4 is 15.8 Å². The van der Waals surface area contributed by atoms with E-state index >= 15 is 0 Å². The van der Waals surface area contributed by atoms with Crippen molar-refractivity contribution in [2.45, 2.75) is 39.5 Å². The Labute approximate surface area is 190 Å². The Balaban J connectivity index is 1.80. The van der Waals surface area contributed by atoms with Gasteiger partial charge in [-0.25, -0.2) is 4.98 Å². The summed E-state index contributed by atoms with van der Waals surface area (Å²) in [5.41, 5.74) is 1.02. The predicted molar refractivity (Wildman–Crippen MR) is 123 cm³/mol. The van der Waals surface area contributed by atoms with E-state index in [-0.39, 0.29) is 35.4 Å². The molecule has 0 unspecified atom stereocenters. The molecule has 3 aromatic heterocycles. The predicted octanol–water partition coefficient (Wildman–Crippen LogP) is 2.43. The minimum atomic E-state index is -0.600. The van der Waals surface area contributed by atoms with E-state index in [0.717, 1.165) is 5.56 Å². The Morgan fingerprint density at radius 1 is 1.30 bits per heavy atom. The largest absolute Gasteiger partial charge is 0.467 e. The Bertz CT molecular complexity index is 1290. The molecule has 0 aromatic carbocycles. The van der Waals surface area contributed by atoms with Crippen LogP contribution in [0, 0.1) is 18.3 Å². The van der Waals surface area contributed by atoms with E-state index in [1.807, 2.05) is 37.8 Å². The van der Waals surface area contributed by atoms with Crippen molar-refractivity contribution >= 4 is 23.4 Å². The summed E-state index contributed by atoms with van der Waals surface area (Å²) in [5, 5.41) is 12.3. The van der Waals surface area contributed by atoms with E-state index in [0.29, 0.717) is 30.3 Å². The number of pyridine rings is 1. The van der Waals surface area contributed by atoms with Crippen LogP contribution in [0.3, 0.4) is 0 Å². The zero-order valence-corrected chi connectivity index (χ0v) is 18.7. The third-order valence-corrected chi connectivity index (χ3v) is 5.44. The monoisotopic (exact) mass is 447 g/mol. The number of amides is 1. The Morgan fingerprint density at radius 2 is 2.06 bits per heavy atom. The number of nitriles is 1. The molecule has 0 radical (unpaired) electrons. The van der Waals surface area contributed by atoms with Crippen LogP contribution in [0.25, 0.3) is 11.7 Å². The van der Waals surface area contributed by atoms with Crippen molar-refractivity contribution in [1.29, 1.82) is 5.26 Å². The first-order valence-corrected chi connectivity index (χ1v) is 10.7. The van der Waals surface area contributed by atoms with Crippen molar-refractivity contribution in [3.8, 4) is 6.07 Å². The third kappa shape index (κ3) is 4.66. The highest BCUT2D eigenvalue weighted by Crippen LogP contribution is 2.24. The summed E-state index contributed by atoms with van der Waals surface area (Å²) in [6, 6.07) is 8.99. The molecule has 33 heavy (non-hydrogen) atoms. The van der Waals surface area contributed by atoms with Crippen molar-refractivity contribution in [1.82, 2.24) is 14.7 Å². The van der Waals surface area contributed by atoms with Crippen LogP contribution in [0.4, 0.5) is 5.82 Å². The van der Waals surface area contributed by atoms with E-state index in [2.05, 4.69) is 5.32 Å². The third-order valence-electron chi connectivity index (χ3n) is 5.44. The second kappa shape index (κ2) is 9.30. The van der Waals surface area contributed by atoms with Gasteiger partial charge < -0.3 is 19.4 Å². The molecule has 9 heteroatoms. The number of carbonyl (C=O) groups is 1. The normalized spacial score (nSPS) is 18.8. The van der Waals surface area contributed by atoms with Crippen LogP contribution in [0.2, 0.25) is 0 Å². The molecule has 1 N–H and O–H groups in total. The molecule has 4 heterocycles. The molecule has 9 nitrogen and oxygen atoms in total. The Kier molecular flexibility index (Phi) is 6.29. The fraction of sp³-hybridized carbons (Fsp3) is 0.333. The van der Waals surface area contributed by atoms with Gasteiger partial charge in [-0.1, -0.05) is 6.07 Å². The van der Waals surface area contributed by atoms with E-state index in [1.165, 1.54) is 16.7 Å². The van der Waals surface area contributed by atoms with Gasteiger partial charge in [-0.3, -0.25) is 14.0 Å². The second-order valence-electron chi connectivity index (χ2n) is 8.13. The molecule has 3 aromatic rings. The maximum absolute atomic E-state index is 13.5. The molecule has 2 atom stereocenters. The number of ether oxygens (including phenoxy) is 1. The van der Waals surface area contributed by atoms with Crippen LogP contribution in [-0.2, 0) is 16.1 Å². The molecular formula is C24H25N5O4. The maximum atomic E-state index is 13.5. The molecule has 1 aliphatic heterocycles. The molecule has 0 bridgehead atoms. The van der Waals surface area contributed by atoms with Gasteiger partial charge in [0.05, 0.1) is 30.6 Å². The van der Waals surface area contributed by atoms with Gasteiger partial charge in [0.2, 0.25) is 0 Å². The molecule has 0 aliphatic carbocycles. The lowest BCUT2D eigenvalue weighted by atomic mass is 10.1. The summed E-state index contributed by atoms with van der Waals surface area (Å²) in [4.78, 5) is 33.0. The minimum Gasteiger partial charge on any atom is -0.467 e. The SMILES string of the molecule is Cc1cccn2c(=O)c(/C=C(\C#N)C(=O)NCc3ccco3)c(N3C[C@@H](C)O[C@@H](C)C3)nc12. The number of anilines is 1. The van der Waals surface area contributed by atoms with E-state index in [1.54, 1.807) is 24.4 Å². The first-order valence-electron chi connectivity index (χ1n) is 10.7. The average Bonchev–Trinajstić information content (AvgIpc) is 3.30.